The summed E-state index contributed by atoms with van der Waals surface area (Å²) in [5, 5.41) is 0. The maximum atomic E-state index is 6.32. The molecule has 0 aliphatic carbocycles. The van der Waals surface area contributed by atoms with Crippen LogP contribution in [0, 0.1) is 5.92 Å². The number of hydrogen-bond acceptors (Lipinski definition) is 1. The standard InChI is InChI=1S/C16H18BrN/c1-12(11-14-9-5-6-10-15(14)17)16(18)13-7-3-2-4-8-13/h2-10,12,16H,11,18H2,1H3. The van der Waals surface area contributed by atoms with E-state index in [1.54, 1.807) is 0 Å². The molecular weight excluding hydrogens is 286 g/mol. The van der Waals surface area contributed by atoms with Gasteiger partial charge in [-0.15, -0.1) is 0 Å². The molecule has 0 aromatic heterocycles. The zero-order chi connectivity index (χ0) is 13.0. The van der Waals surface area contributed by atoms with E-state index in [9.17, 15) is 0 Å². The van der Waals surface area contributed by atoms with Gasteiger partial charge in [0.1, 0.15) is 0 Å². The normalized spacial score (nSPS) is 14.2. The van der Waals surface area contributed by atoms with E-state index in [0.29, 0.717) is 5.92 Å². The number of nitrogens with two attached hydrogens (primary N) is 1. The third-order valence-corrected chi connectivity index (χ3v) is 4.07. The average Bonchev–Trinajstić information content (AvgIpc) is 2.41. The van der Waals surface area contributed by atoms with Gasteiger partial charge in [-0.05, 0) is 29.5 Å². The molecule has 0 saturated carbocycles. The van der Waals surface area contributed by atoms with Crippen LogP contribution < -0.4 is 5.73 Å². The fourth-order valence-electron chi connectivity index (χ4n) is 2.14. The van der Waals surface area contributed by atoms with Crippen molar-refractivity contribution < 1.29 is 0 Å². The summed E-state index contributed by atoms with van der Waals surface area (Å²) in [6, 6.07) is 18.7. The molecule has 0 radical (unpaired) electrons. The molecule has 2 unspecified atom stereocenters. The van der Waals surface area contributed by atoms with Gasteiger partial charge >= 0.3 is 0 Å². The molecule has 2 N–H and O–H groups in total. The molecule has 2 aromatic carbocycles. The highest BCUT2D eigenvalue weighted by Crippen LogP contribution is 2.26. The average molecular weight is 304 g/mol. The lowest BCUT2D eigenvalue weighted by atomic mass is 9.90. The number of rotatable bonds is 4. The first-order chi connectivity index (χ1) is 8.68. The van der Waals surface area contributed by atoms with Crippen molar-refractivity contribution >= 4 is 15.9 Å². The third-order valence-electron chi connectivity index (χ3n) is 3.30. The second-order valence-corrected chi connectivity index (χ2v) is 5.56. The van der Waals surface area contributed by atoms with E-state index in [-0.39, 0.29) is 6.04 Å². The van der Waals surface area contributed by atoms with E-state index in [1.807, 2.05) is 24.3 Å². The SMILES string of the molecule is CC(Cc1ccccc1Br)C(N)c1ccccc1. The van der Waals surface area contributed by atoms with Crippen molar-refractivity contribution in [3.8, 4) is 0 Å². The summed E-state index contributed by atoms with van der Waals surface area (Å²) in [6.45, 7) is 2.21. The smallest absolute Gasteiger partial charge is 0.0324 e. The molecule has 1 nitrogen and oxygen atoms in total. The van der Waals surface area contributed by atoms with Gasteiger partial charge in [-0.3, -0.25) is 0 Å². The minimum atomic E-state index is 0.0818. The minimum absolute atomic E-state index is 0.0818. The van der Waals surface area contributed by atoms with E-state index < -0.39 is 0 Å². The Balaban J connectivity index is 2.09. The molecule has 0 spiro atoms. The highest BCUT2D eigenvalue weighted by molar-refractivity contribution is 9.10. The molecule has 0 bridgehead atoms. The molecule has 0 fully saturated rings. The monoisotopic (exact) mass is 303 g/mol. The molecule has 0 heterocycles. The molecule has 2 rings (SSSR count). The summed E-state index contributed by atoms with van der Waals surface area (Å²) in [5.74, 6) is 0.408. The van der Waals surface area contributed by atoms with Crippen LogP contribution in [0.3, 0.4) is 0 Å². The van der Waals surface area contributed by atoms with Crippen molar-refractivity contribution in [3.05, 3.63) is 70.2 Å². The fraction of sp³-hybridized carbons (Fsp3) is 0.250. The summed E-state index contributed by atoms with van der Waals surface area (Å²) >= 11 is 3.59. The van der Waals surface area contributed by atoms with Crippen molar-refractivity contribution in [2.24, 2.45) is 11.7 Å². The zero-order valence-corrected chi connectivity index (χ0v) is 12.1. The van der Waals surface area contributed by atoms with Crippen LogP contribution in [-0.2, 0) is 6.42 Å². The highest BCUT2D eigenvalue weighted by Gasteiger charge is 2.15. The Bertz CT molecular complexity index is 495. The lowest BCUT2D eigenvalue weighted by Crippen LogP contribution is -2.20. The molecule has 2 aromatic rings. The summed E-state index contributed by atoms with van der Waals surface area (Å²) in [5.41, 5.74) is 8.84. The van der Waals surface area contributed by atoms with Crippen molar-refractivity contribution in [2.75, 3.05) is 0 Å². The molecule has 2 atom stereocenters. The molecule has 0 saturated heterocycles. The highest BCUT2D eigenvalue weighted by atomic mass is 79.9. The van der Waals surface area contributed by atoms with Crippen LogP contribution in [0.1, 0.15) is 24.1 Å². The van der Waals surface area contributed by atoms with Gasteiger partial charge in [-0.25, -0.2) is 0 Å². The quantitative estimate of drug-likeness (QED) is 0.894. The third kappa shape index (κ3) is 3.21. The van der Waals surface area contributed by atoms with Crippen LogP contribution in [0.15, 0.2) is 59.1 Å². The Morgan fingerprint density at radius 1 is 1.00 bits per heavy atom. The Labute approximate surface area is 117 Å². The van der Waals surface area contributed by atoms with Gasteiger partial charge in [0.2, 0.25) is 0 Å². The second kappa shape index (κ2) is 6.17. The Hall–Kier alpha value is -1.12. The van der Waals surface area contributed by atoms with Crippen molar-refractivity contribution in [1.82, 2.24) is 0 Å². The number of hydrogen-bond donors (Lipinski definition) is 1. The number of halogens is 1. The van der Waals surface area contributed by atoms with Gasteiger partial charge in [0.15, 0.2) is 0 Å². The van der Waals surface area contributed by atoms with Gasteiger partial charge in [0.25, 0.3) is 0 Å². The molecule has 94 valence electrons. The summed E-state index contributed by atoms with van der Waals surface area (Å²) in [6.07, 6.45) is 0.984. The molecule has 18 heavy (non-hydrogen) atoms. The van der Waals surface area contributed by atoms with Crippen molar-refractivity contribution in [2.45, 2.75) is 19.4 Å². The van der Waals surface area contributed by atoms with Crippen molar-refractivity contribution in [3.63, 3.8) is 0 Å². The van der Waals surface area contributed by atoms with E-state index in [2.05, 4.69) is 53.2 Å². The first-order valence-electron chi connectivity index (χ1n) is 6.22. The molecule has 2 heteroatoms. The van der Waals surface area contributed by atoms with Crippen LogP contribution in [0.5, 0.6) is 0 Å². The van der Waals surface area contributed by atoms with Gasteiger partial charge < -0.3 is 5.73 Å². The van der Waals surface area contributed by atoms with E-state index in [4.69, 9.17) is 5.73 Å². The topological polar surface area (TPSA) is 26.0 Å². The Morgan fingerprint density at radius 2 is 1.61 bits per heavy atom. The van der Waals surface area contributed by atoms with E-state index in [1.165, 1.54) is 11.1 Å². The van der Waals surface area contributed by atoms with Crippen LogP contribution in [-0.4, -0.2) is 0 Å². The summed E-state index contributed by atoms with van der Waals surface area (Å²) in [7, 11) is 0. The molecule has 0 aliphatic heterocycles. The Kier molecular flexibility index (Phi) is 4.56. The minimum Gasteiger partial charge on any atom is -0.324 e. The van der Waals surface area contributed by atoms with E-state index in [0.717, 1.165) is 10.9 Å². The predicted molar refractivity (Wildman–Crippen MR) is 80.4 cm³/mol. The first-order valence-corrected chi connectivity index (χ1v) is 7.01. The van der Waals surface area contributed by atoms with Crippen molar-refractivity contribution in [1.29, 1.82) is 0 Å². The van der Waals surface area contributed by atoms with Crippen LogP contribution >= 0.6 is 15.9 Å². The molecule has 0 amide bonds. The second-order valence-electron chi connectivity index (χ2n) is 4.71. The maximum absolute atomic E-state index is 6.32. The lowest BCUT2D eigenvalue weighted by Gasteiger charge is -2.21. The van der Waals surface area contributed by atoms with Gasteiger partial charge in [0, 0.05) is 10.5 Å². The van der Waals surface area contributed by atoms with Crippen LogP contribution in [0.25, 0.3) is 0 Å². The van der Waals surface area contributed by atoms with Gasteiger partial charge in [-0.2, -0.15) is 0 Å². The fourth-order valence-corrected chi connectivity index (χ4v) is 2.59. The first kappa shape index (κ1) is 13.3. The van der Waals surface area contributed by atoms with Gasteiger partial charge in [0.05, 0.1) is 0 Å². The maximum Gasteiger partial charge on any atom is 0.0324 e. The molecular formula is C16H18BrN. The number of benzene rings is 2. The van der Waals surface area contributed by atoms with Crippen LogP contribution in [0.4, 0.5) is 0 Å². The Morgan fingerprint density at radius 3 is 2.28 bits per heavy atom. The largest absolute Gasteiger partial charge is 0.324 e. The molecule has 0 aliphatic rings. The van der Waals surface area contributed by atoms with E-state index >= 15 is 0 Å². The predicted octanol–water partition coefficient (Wildman–Crippen LogP) is 4.33. The summed E-state index contributed by atoms with van der Waals surface area (Å²) < 4.78 is 1.16. The van der Waals surface area contributed by atoms with Gasteiger partial charge in [-0.1, -0.05) is 71.4 Å². The van der Waals surface area contributed by atoms with Crippen LogP contribution in [0.2, 0.25) is 0 Å². The summed E-state index contributed by atoms with van der Waals surface area (Å²) in [4.78, 5) is 0. The zero-order valence-electron chi connectivity index (χ0n) is 10.5. The lowest BCUT2D eigenvalue weighted by molar-refractivity contribution is 0.467.